The summed E-state index contributed by atoms with van der Waals surface area (Å²) in [6.07, 6.45) is 1.41. The normalized spacial score (nSPS) is 11.5. The number of aliphatic carboxylic acids is 3. The molecular formula is C26H37ClN6O9S. The van der Waals surface area contributed by atoms with Crippen molar-refractivity contribution in [2.24, 2.45) is 32.3 Å². The number of carbonyl (C=O) groups is 4. The van der Waals surface area contributed by atoms with E-state index in [4.69, 9.17) is 38.3 Å². The molecule has 2 rings (SSSR count). The van der Waals surface area contributed by atoms with E-state index in [9.17, 15) is 27.6 Å². The standard InChI is InChI=1S/C9H9NO4S.C9H11NO2.C6H14N4O2.C2H3ClO/c11-9(12)8(10-15(13)14)6-7-4-2-1-3-5-7;10-8(9(11)12)6-7-4-2-1-3-5-7;7-4(5(11)12)2-1-3-10-6(8)9;1-2(3)4/h1-5,8H,6H2,(H,11,12);1-5,8H,6,10H2,(H,11,12);4H,1-3,7H2,(H,11,12)(H4,8,9,10);1H3. The summed E-state index contributed by atoms with van der Waals surface area (Å²) in [4.78, 5) is 44.2. The fourth-order valence-electron chi connectivity index (χ4n) is 2.71. The van der Waals surface area contributed by atoms with E-state index in [0.29, 0.717) is 25.8 Å². The molecule has 0 saturated heterocycles. The number of nitrogens with two attached hydrogens (primary N) is 4. The third-order valence-electron chi connectivity index (χ3n) is 4.67. The van der Waals surface area contributed by atoms with Gasteiger partial charge in [-0.3, -0.25) is 19.4 Å². The lowest BCUT2D eigenvalue weighted by Gasteiger charge is -2.04. The summed E-state index contributed by atoms with van der Waals surface area (Å²) in [6.45, 7) is 1.71. The summed E-state index contributed by atoms with van der Waals surface area (Å²) < 4.78 is 23.6. The third kappa shape index (κ3) is 26.3. The molecule has 0 aliphatic heterocycles. The first-order valence-electron chi connectivity index (χ1n) is 12.4. The summed E-state index contributed by atoms with van der Waals surface area (Å²) in [5.41, 5.74) is 22.4. The molecule has 0 aliphatic rings. The molecule has 0 spiro atoms. The molecule has 3 atom stereocenters. The molecule has 3 unspecified atom stereocenters. The Hall–Kier alpha value is -4.38. The molecule has 15 nitrogen and oxygen atoms in total. The Kier molecular flexibility index (Phi) is 23.0. The number of halogens is 1. The molecule has 0 fully saturated rings. The van der Waals surface area contributed by atoms with Crippen LogP contribution in [-0.4, -0.2) is 77.5 Å². The molecule has 0 radical (unpaired) electrons. The minimum Gasteiger partial charge on any atom is -0.480 e. The number of carboxylic acid groups (broad SMARTS) is 3. The highest BCUT2D eigenvalue weighted by Gasteiger charge is 2.17. The van der Waals surface area contributed by atoms with Gasteiger partial charge in [-0.05, 0) is 42.0 Å². The number of hydrogen-bond donors (Lipinski definition) is 7. The van der Waals surface area contributed by atoms with Crippen molar-refractivity contribution in [3.05, 3.63) is 71.8 Å². The monoisotopic (exact) mass is 644 g/mol. The van der Waals surface area contributed by atoms with Gasteiger partial charge in [0.25, 0.3) is 0 Å². The summed E-state index contributed by atoms with van der Waals surface area (Å²) in [6, 6.07) is 15.2. The Bertz CT molecular complexity index is 1280. The second kappa shape index (κ2) is 24.2. The molecule has 0 aliphatic carbocycles. The molecule has 17 heteroatoms. The number of nitrogens with zero attached hydrogens (tertiary/aromatic N) is 2. The predicted molar refractivity (Wildman–Crippen MR) is 161 cm³/mol. The largest absolute Gasteiger partial charge is 0.480 e. The lowest BCUT2D eigenvalue weighted by Crippen LogP contribution is -2.32. The molecule has 0 aromatic heterocycles. The first-order chi connectivity index (χ1) is 20.1. The quantitative estimate of drug-likeness (QED) is 0.0722. The van der Waals surface area contributed by atoms with Crippen molar-refractivity contribution in [3.63, 3.8) is 0 Å². The Morgan fingerprint density at radius 3 is 1.56 bits per heavy atom. The average molecular weight is 645 g/mol. The molecule has 11 N–H and O–H groups in total. The predicted octanol–water partition coefficient (Wildman–Crippen LogP) is 0.610. The van der Waals surface area contributed by atoms with Gasteiger partial charge in [-0.15, -0.1) is 0 Å². The summed E-state index contributed by atoms with van der Waals surface area (Å²) in [7, 11) is -2.70. The number of benzene rings is 2. The smallest absolute Gasteiger partial charge is 0.330 e. The Labute approximate surface area is 255 Å². The number of carboxylic acids is 3. The van der Waals surface area contributed by atoms with Gasteiger partial charge >= 0.3 is 28.4 Å². The highest BCUT2D eigenvalue weighted by atomic mass is 35.5. The van der Waals surface area contributed by atoms with Crippen LogP contribution in [0.1, 0.15) is 30.9 Å². The third-order valence-corrected chi connectivity index (χ3v) is 5.10. The summed E-state index contributed by atoms with van der Waals surface area (Å²) in [5.74, 6) is -3.19. The van der Waals surface area contributed by atoms with Crippen LogP contribution >= 0.6 is 11.6 Å². The van der Waals surface area contributed by atoms with E-state index in [1.165, 1.54) is 6.92 Å². The number of carbonyl (C=O) groups excluding carboxylic acids is 1. The molecule has 0 saturated carbocycles. The average Bonchev–Trinajstić information content (AvgIpc) is 2.91. The molecule has 0 heterocycles. The van der Waals surface area contributed by atoms with E-state index in [2.05, 4.69) is 21.0 Å². The van der Waals surface area contributed by atoms with Gasteiger partial charge in [-0.25, -0.2) is 4.79 Å². The van der Waals surface area contributed by atoms with Crippen molar-refractivity contribution < 1.29 is 42.9 Å². The number of rotatable bonds is 12. The minimum atomic E-state index is -2.70. The van der Waals surface area contributed by atoms with Crippen LogP contribution in [0.25, 0.3) is 0 Å². The van der Waals surface area contributed by atoms with Crippen molar-refractivity contribution in [1.82, 2.24) is 0 Å². The fraction of sp³-hybridized carbons (Fsp3) is 0.346. The second-order valence-corrected chi connectivity index (χ2v) is 9.54. The molecule has 2 aromatic rings. The molecular weight excluding hydrogens is 608 g/mol. The summed E-state index contributed by atoms with van der Waals surface area (Å²) in [5, 5.41) is 25.3. The van der Waals surface area contributed by atoms with Crippen molar-refractivity contribution in [2.75, 3.05) is 6.54 Å². The van der Waals surface area contributed by atoms with Gasteiger partial charge in [0.15, 0.2) is 12.0 Å². The first kappa shape index (κ1) is 40.8. The van der Waals surface area contributed by atoms with Crippen LogP contribution in [0.2, 0.25) is 0 Å². The maximum Gasteiger partial charge on any atom is 0.330 e. The topological polar surface area (TPSA) is 292 Å². The zero-order chi connectivity index (χ0) is 33.4. The Morgan fingerprint density at radius 2 is 1.21 bits per heavy atom. The lowest BCUT2D eigenvalue weighted by molar-refractivity contribution is -0.139. The summed E-state index contributed by atoms with van der Waals surface area (Å²) >= 11 is 4.64. The molecule has 2 aromatic carbocycles. The van der Waals surface area contributed by atoms with Gasteiger partial charge in [-0.1, -0.05) is 60.7 Å². The molecule has 43 heavy (non-hydrogen) atoms. The van der Waals surface area contributed by atoms with E-state index in [-0.39, 0.29) is 17.6 Å². The minimum absolute atomic E-state index is 0.0129. The van der Waals surface area contributed by atoms with Crippen LogP contribution in [0, 0.1) is 0 Å². The highest BCUT2D eigenvalue weighted by molar-refractivity contribution is 7.61. The maximum atomic E-state index is 10.7. The van der Waals surface area contributed by atoms with E-state index < -0.39 is 46.5 Å². The van der Waals surface area contributed by atoms with Crippen LogP contribution in [0.15, 0.2) is 70.0 Å². The van der Waals surface area contributed by atoms with Gasteiger partial charge in [0.1, 0.15) is 12.1 Å². The van der Waals surface area contributed by atoms with Crippen molar-refractivity contribution in [2.45, 2.75) is 50.7 Å². The lowest BCUT2D eigenvalue weighted by atomic mass is 10.1. The van der Waals surface area contributed by atoms with E-state index >= 15 is 0 Å². The van der Waals surface area contributed by atoms with Crippen molar-refractivity contribution in [3.8, 4) is 0 Å². The van der Waals surface area contributed by atoms with Crippen LogP contribution in [-0.2, 0) is 42.5 Å². The molecule has 0 bridgehead atoms. The van der Waals surface area contributed by atoms with Gasteiger partial charge in [0, 0.05) is 19.9 Å². The maximum absolute atomic E-state index is 10.7. The van der Waals surface area contributed by atoms with Gasteiger partial charge in [-0.2, -0.15) is 12.8 Å². The van der Waals surface area contributed by atoms with Gasteiger partial charge < -0.3 is 38.3 Å². The van der Waals surface area contributed by atoms with Crippen LogP contribution in [0.5, 0.6) is 0 Å². The highest BCUT2D eigenvalue weighted by Crippen LogP contribution is 2.06. The van der Waals surface area contributed by atoms with E-state index in [1.54, 1.807) is 30.3 Å². The SMILES string of the molecule is CC(=O)Cl.NC(Cc1ccccc1)C(=O)O.NC(N)=NCCCC(N)C(=O)O.O=C(O)C(Cc1ccccc1)N=S(=O)=O. The molecule has 0 amide bonds. The first-order valence-corrected chi connectivity index (χ1v) is 13.8. The number of guanidine groups is 1. The van der Waals surface area contributed by atoms with Gasteiger partial charge in [0.05, 0.1) is 0 Å². The zero-order valence-electron chi connectivity index (χ0n) is 23.3. The van der Waals surface area contributed by atoms with Gasteiger partial charge in [0.2, 0.25) is 5.24 Å². The number of aliphatic imine (C=N–C) groups is 1. The van der Waals surface area contributed by atoms with E-state index in [0.717, 1.165) is 11.1 Å². The van der Waals surface area contributed by atoms with E-state index in [1.807, 2.05) is 30.3 Å². The zero-order valence-corrected chi connectivity index (χ0v) is 24.9. The Balaban J connectivity index is 0. The van der Waals surface area contributed by atoms with Crippen molar-refractivity contribution >= 4 is 51.2 Å². The van der Waals surface area contributed by atoms with Crippen LogP contribution in [0.4, 0.5) is 0 Å². The van der Waals surface area contributed by atoms with Crippen LogP contribution < -0.4 is 22.9 Å². The van der Waals surface area contributed by atoms with Crippen LogP contribution in [0.3, 0.4) is 0 Å². The number of hydrogen-bond acceptors (Lipinski definition) is 10. The molecule has 238 valence electrons. The fourth-order valence-corrected chi connectivity index (χ4v) is 3.08. The second-order valence-electron chi connectivity index (χ2n) is 8.36. The Morgan fingerprint density at radius 1 is 0.791 bits per heavy atom. The van der Waals surface area contributed by atoms with Crippen molar-refractivity contribution in [1.29, 1.82) is 0 Å².